The summed E-state index contributed by atoms with van der Waals surface area (Å²) in [4.78, 5) is 23.1. The number of esters is 1. The first-order valence-corrected chi connectivity index (χ1v) is 12.3. The molecule has 0 N–H and O–H groups in total. The third-order valence-corrected chi connectivity index (χ3v) is 6.99. The number of ether oxygens (including phenoxy) is 2. The van der Waals surface area contributed by atoms with E-state index in [0.29, 0.717) is 18.0 Å². The molecule has 5 heteroatoms. The van der Waals surface area contributed by atoms with Crippen molar-refractivity contribution in [2.75, 3.05) is 20.8 Å². The normalized spacial score (nSPS) is 15.7. The maximum absolute atomic E-state index is 12.6. The molecule has 1 aromatic heterocycles. The topological polar surface area (TPSA) is 57.5 Å². The number of rotatable bonds is 5. The summed E-state index contributed by atoms with van der Waals surface area (Å²) in [6, 6.07) is 8.35. The van der Waals surface area contributed by atoms with Crippen molar-refractivity contribution < 1.29 is 19.1 Å². The van der Waals surface area contributed by atoms with E-state index in [0.717, 1.165) is 21.7 Å². The van der Waals surface area contributed by atoms with Crippen molar-refractivity contribution in [3.05, 3.63) is 63.2 Å². The highest BCUT2D eigenvalue weighted by molar-refractivity contribution is 6.02. The van der Waals surface area contributed by atoms with E-state index in [1.54, 1.807) is 27.0 Å². The predicted octanol–water partition coefficient (Wildman–Crippen LogP) is 4.76. The Morgan fingerprint density at radius 2 is 1.80 bits per heavy atom. The average Bonchev–Trinajstić information content (AvgIpc) is 3.02. The van der Waals surface area contributed by atoms with Gasteiger partial charge in [0, 0.05) is 29.2 Å². The van der Waals surface area contributed by atoms with Crippen LogP contribution in [0.5, 0.6) is 0 Å². The molecule has 186 valence electrons. The van der Waals surface area contributed by atoms with Crippen LogP contribution in [0.25, 0.3) is 30.5 Å². The Morgan fingerprint density at radius 1 is 1.11 bits per heavy atom. The van der Waals surface area contributed by atoms with E-state index in [2.05, 4.69) is 40.7 Å². The summed E-state index contributed by atoms with van der Waals surface area (Å²) < 4.78 is 11.7. The molecule has 5 nitrogen and oxygen atoms in total. The number of benzene rings is 1. The Kier molecular flexibility index (Phi) is 9.05. The molecular formula is C30H37NO4. The number of Topliss-reactive ketones (excluding diaryl/α,β-unsaturated/α-hetero) is 1. The molecule has 0 radical (unpaired) electrons. The zero-order valence-corrected chi connectivity index (χ0v) is 21.5. The van der Waals surface area contributed by atoms with E-state index in [9.17, 15) is 9.59 Å². The van der Waals surface area contributed by atoms with Crippen molar-refractivity contribution >= 4 is 31.0 Å². The minimum atomic E-state index is -0.257. The lowest BCUT2D eigenvalue weighted by Crippen LogP contribution is -2.30. The first kappa shape index (κ1) is 26.4. The monoisotopic (exact) mass is 475 g/mol. The lowest BCUT2D eigenvalue weighted by Gasteiger charge is -2.23. The fourth-order valence-corrected chi connectivity index (χ4v) is 4.95. The molecular weight excluding hydrogens is 438 g/mol. The molecule has 1 fully saturated rings. The van der Waals surface area contributed by atoms with Gasteiger partial charge >= 0.3 is 5.97 Å². The second-order valence-electron chi connectivity index (χ2n) is 9.18. The summed E-state index contributed by atoms with van der Waals surface area (Å²) in [6.07, 6.45) is 10.0. The molecule has 4 rings (SSSR count). The molecule has 1 saturated carbocycles. The molecule has 2 aromatic rings. The number of nitrogens with zero attached hydrogens (tertiary/aromatic N) is 1. The van der Waals surface area contributed by atoms with Gasteiger partial charge in [-0.05, 0) is 55.0 Å². The quantitative estimate of drug-likeness (QED) is 0.462. The smallest absolute Gasteiger partial charge is 0.333 e. The lowest BCUT2D eigenvalue weighted by atomic mass is 9.82. The standard InChI is InChI=1S/C24H27NO2.C6H10O2/c1-16-17(2)25-14-20(22(26)15-27-3)13-19-11-7-8-12-21(19)24(25)23(16)18-9-5-4-6-10-18;1-4-5(2)6(7)8-3/h7-8,11-13,18H,1-2,4-6,9-10,14-15H2,3H3;4H,1-3H3/b;5-4+. The molecule has 0 atom stereocenters. The zero-order valence-electron chi connectivity index (χ0n) is 21.5. The van der Waals surface area contributed by atoms with Gasteiger partial charge in [0.05, 0.1) is 19.3 Å². The van der Waals surface area contributed by atoms with Crippen molar-refractivity contribution in [3.63, 3.8) is 0 Å². The van der Waals surface area contributed by atoms with Crippen LogP contribution in [-0.4, -0.2) is 37.1 Å². The van der Waals surface area contributed by atoms with Gasteiger partial charge in [-0.2, -0.15) is 0 Å². The molecule has 1 aliphatic heterocycles. The van der Waals surface area contributed by atoms with Crippen molar-refractivity contribution in [2.24, 2.45) is 0 Å². The molecule has 1 aliphatic carbocycles. The summed E-state index contributed by atoms with van der Waals surface area (Å²) in [7, 11) is 2.93. The fourth-order valence-electron chi connectivity index (χ4n) is 4.95. The molecule has 0 bridgehead atoms. The maximum atomic E-state index is 12.6. The van der Waals surface area contributed by atoms with E-state index in [-0.39, 0.29) is 18.4 Å². The Morgan fingerprint density at radius 3 is 2.40 bits per heavy atom. The van der Waals surface area contributed by atoms with Crippen LogP contribution in [0.15, 0.2) is 41.5 Å². The van der Waals surface area contributed by atoms with Gasteiger partial charge in [0.2, 0.25) is 0 Å². The second-order valence-corrected chi connectivity index (χ2v) is 9.18. The van der Waals surface area contributed by atoms with Crippen LogP contribution >= 0.6 is 0 Å². The predicted molar refractivity (Wildman–Crippen MR) is 142 cm³/mol. The summed E-state index contributed by atoms with van der Waals surface area (Å²) in [5.41, 5.74) is 6.24. The van der Waals surface area contributed by atoms with Gasteiger partial charge in [-0.3, -0.25) is 4.79 Å². The van der Waals surface area contributed by atoms with Crippen LogP contribution in [0.2, 0.25) is 0 Å². The fraction of sp³-hybridized carbons (Fsp3) is 0.400. The third-order valence-electron chi connectivity index (χ3n) is 6.99. The van der Waals surface area contributed by atoms with Crippen molar-refractivity contribution in [2.45, 2.75) is 58.4 Å². The van der Waals surface area contributed by atoms with E-state index in [1.165, 1.54) is 56.0 Å². The van der Waals surface area contributed by atoms with E-state index < -0.39 is 0 Å². The molecule has 2 aliphatic rings. The molecule has 1 aromatic carbocycles. The molecule has 0 saturated heterocycles. The summed E-state index contributed by atoms with van der Waals surface area (Å²) >= 11 is 0. The van der Waals surface area contributed by atoms with Crippen LogP contribution in [0.1, 0.15) is 63.0 Å². The van der Waals surface area contributed by atoms with Gasteiger partial charge in [0.25, 0.3) is 0 Å². The number of carbonyl (C=O) groups excluding carboxylic acids is 2. The van der Waals surface area contributed by atoms with Crippen LogP contribution in [0.3, 0.4) is 0 Å². The van der Waals surface area contributed by atoms with Gasteiger partial charge in [-0.15, -0.1) is 0 Å². The van der Waals surface area contributed by atoms with Gasteiger partial charge < -0.3 is 14.0 Å². The SMILES string of the molecule is C/C=C(\C)C(=O)OC.C=c1c(C2CCCCC2)c2n(c1=C)CC(C(=O)COC)=Cc1ccccc1-2. The number of fused-ring (bicyclic) bond motifs is 3. The Balaban J connectivity index is 0.000000371. The number of carbonyl (C=O) groups is 2. The molecule has 0 spiro atoms. The molecule has 35 heavy (non-hydrogen) atoms. The third kappa shape index (κ3) is 5.73. The minimum Gasteiger partial charge on any atom is -0.466 e. The highest BCUT2D eigenvalue weighted by Gasteiger charge is 2.27. The van der Waals surface area contributed by atoms with E-state index in [1.807, 2.05) is 12.1 Å². The zero-order chi connectivity index (χ0) is 25.5. The van der Waals surface area contributed by atoms with E-state index >= 15 is 0 Å². The number of ketones is 1. The number of hydrogen-bond acceptors (Lipinski definition) is 4. The Hall–Kier alpha value is -3.18. The van der Waals surface area contributed by atoms with E-state index in [4.69, 9.17) is 4.74 Å². The van der Waals surface area contributed by atoms with Crippen LogP contribution in [0.4, 0.5) is 0 Å². The van der Waals surface area contributed by atoms with Gasteiger partial charge in [-0.25, -0.2) is 4.79 Å². The van der Waals surface area contributed by atoms with Gasteiger partial charge in [0.15, 0.2) is 5.78 Å². The second kappa shape index (κ2) is 12.0. The van der Waals surface area contributed by atoms with Gasteiger partial charge in [-0.1, -0.05) is 62.8 Å². The van der Waals surface area contributed by atoms with Crippen LogP contribution in [-0.2, 0) is 25.6 Å². The number of allylic oxidation sites excluding steroid dienone is 1. The van der Waals surface area contributed by atoms with Crippen molar-refractivity contribution in [1.29, 1.82) is 0 Å². The maximum Gasteiger partial charge on any atom is 0.333 e. The first-order chi connectivity index (χ1) is 16.8. The minimum absolute atomic E-state index is 0.0260. The Labute approximate surface area is 208 Å². The first-order valence-electron chi connectivity index (χ1n) is 12.3. The number of aromatic nitrogens is 1. The summed E-state index contributed by atoms with van der Waals surface area (Å²) in [5, 5.41) is 1.98. The van der Waals surface area contributed by atoms with Crippen LogP contribution < -0.4 is 10.6 Å². The summed E-state index contributed by atoms with van der Waals surface area (Å²) in [5.74, 6) is 0.304. The summed E-state index contributed by atoms with van der Waals surface area (Å²) in [6.45, 7) is 12.9. The average molecular weight is 476 g/mol. The molecule has 0 amide bonds. The van der Waals surface area contributed by atoms with Crippen molar-refractivity contribution in [3.8, 4) is 11.3 Å². The lowest BCUT2D eigenvalue weighted by molar-refractivity contribution is -0.136. The number of methoxy groups -OCH3 is 2. The highest BCUT2D eigenvalue weighted by atomic mass is 16.5. The number of hydrogen-bond donors (Lipinski definition) is 0. The molecule has 2 heterocycles. The van der Waals surface area contributed by atoms with Crippen molar-refractivity contribution in [1.82, 2.24) is 4.57 Å². The largest absolute Gasteiger partial charge is 0.466 e. The van der Waals surface area contributed by atoms with Crippen LogP contribution in [0, 0.1) is 0 Å². The van der Waals surface area contributed by atoms with Gasteiger partial charge in [0.1, 0.15) is 6.61 Å². The Bertz CT molecular complexity index is 1240. The molecule has 0 unspecified atom stereocenters. The highest BCUT2D eigenvalue weighted by Crippen LogP contribution is 2.38.